The fourth-order valence-corrected chi connectivity index (χ4v) is 3.91. The largest absolute Gasteiger partial charge is 0.356 e. The summed E-state index contributed by atoms with van der Waals surface area (Å²) in [5, 5.41) is 16.8. The number of pyridine rings is 1. The summed E-state index contributed by atoms with van der Waals surface area (Å²) in [7, 11) is 1.69. The molecule has 0 radical (unpaired) electrons. The Balaban J connectivity index is 1.31. The Kier molecular flexibility index (Phi) is 6.15. The number of hydrogen-bond donors (Lipinski definition) is 5. The van der Waals surface area contributed by atoms with E-state index in [1.807, 2.05) is 24.3 Å². The van der Waals surface area contributed by atoms with E-state index in [0.717, 1.165) is 12.1 Å². The van der Waals surface area contributed by atoms with E-state index in [0.29, 0.717) is 23.1 Å². The summed E-state index contributed by atoms with van der Waals surface area (Å²) < 4.78 is 1.48. The van der Waals surface area contributed by atoms with E-state index in [1.165, 1.54) is 17.5 Å². The number of amides is 2. The fraction of sp³-hybridized carbons (Fsp3) is 0.292. The maximum Gasteiger partial charge on any atom is 0.274 e. The van der Waals surface area contributed by atoms with Crippen molar-refractivity contribution in [2.24, 2.45) is 13.0 Å². The predicted molar refractivity (Wildman–Crippen MR) is 129 cm³/mol. The van der Waals surface area contributed by atoms with Crippen molar-refractivity contribution < 1.29 is 9.59 Å². The third kappa shape index (κ3) is 5.14. The Bertz CT molecular complexity index is 1260. The van der Waals surface area contributed by atoms with E-state index >= 15 is 0 Å². The average molecular weight is 474 g/mol. The van der Waals surface area contributed by atoms with Gasteiger partial charge in [0.05, 0.1) is 12.2 Å². The summed E-state index contributed by atoms with van der Waals surface area (Å²) in [6.07, 6.45) is 16.3. The quantitative estimate of drug-likeness (QED) is 0.315. The van der Waals surface area contributed by atoms with Crippen LogP contribution >= 0.6 is 0 Å². The van der Waals surface area contributed by atoms with Crippen molar-refractivity contribution in [3.8, 4) is 0 Å². The molecule has 1 fully saturated rings. The minimum absolute atomic E-state index is 0.117. The molecule has 1 saturated carbocycles. The number of rotatable bonds is 9. The molecule has 2 amide bonds. The molecule has 1 aliphatic carbocycles. The van der Waals surface area contributed by atoms with Crippen molar-refractivity contribution in [3.05, 3.63) is 84.1 Å². The molecule has 5 rings (SSSR count). The summed E-state index contributed by atoms with van der Waals surface area (Å²) >= 11 is 0. The zero-order chi connectivity index (χ0) is 24.3. The lowest BCUT2D eigenvalue weighted by Gasteiger charge is -2.37. The van der Waals surface area contributed by atoms with Crippen molar-refractivity contribution in [1.29, 1.82) is 0 Å². The number of carbonyl (C=O) groups excluding carboxylic acids is 2. The van der Waals surface area contributed by atoms with Crippen LogP contribution in [0.1, 0.15) is 34.7 Å². The molecule has 1 unspecified atom stereocenters. The van der Waals surface area contributed by atoms with Gasteiger partial charge in [-0.15, -0.1) is 0 Å². The first-order valence-electron chi connectivity index (χ1n) is 11.5. The summed E-state index contributed by atoms with van der Waals surface area (Å²) in [5.74, 6) is 0.466. The number of aryl methyl sites for hydroxylation is 1. The lowest BCUT2D eigenvalue weighted by atomic mass is 9.96. The smallest absolute Gasteiger partial charge is 0.274 e. The van der Waals surface area contributed by atoms with Crippen LogP contribution in [0.4, 0.5) is 5.69 Å². The van der Waals surface area contributed by atoms with Gasteiger partial charge in [-0.25, -0.2) is 4.98 Å². The van der Waals surface area contributed by atoms with Gasteiger partial charge in [0.1, 0.15) is 17.2 Å². The lowest BCUT2D eigenvalue weighted by molar-refractivity contribution is -0.113. The summed E-state index contributed by atoms with van der Waals surface area (Å²) in [6.45, 7) is 1.05. The number of carbonyl (C=O) groups is 2. The number of dihydropyridines is 1. The Morgan fingerprint density at radius 2 is 2.03 bits per heavy atom. The molecule has 0 bridgehead atoms. The first kappa shape index (κ1) is 22.5. The second-order valence-corrected chi connectivity index (χ2v) is 8.67. The third-order valence-electron chi connectivity index (χ3n) is 5.95. The van der Waals surface area contributed by atoms with Gasteiger partial charge in [0.25, 0.3) is 11.8 Å². The highest BCUT2D eigenvalue weighted by Gasteiger charge is 2.35. The fourth-order valence-electron chi connectivity index (χ4n) is 3.91. The number of anilines is 1. The van der Waals surface area contributed by atoms with Crippen LogP contribution in [0.2, 0.25) is 0 Å². The van der Waals surface area contributed by atoms with E-state index in [1.54, 1.807) is 44.1 Å². The minimum atomic E-state index is -0.745. The van der Waals surface area contributed by atoms with Gasteiger partial charge in [0.2, 0.25) is 0 Å². The molecule has 5 N–H and O–H groups in total. The number of aromatic amines is 1. The Morgan fingerprint density at radius 1 is 1.20 bits per heavy atom. The van der Waals surface area contributed by atoms with E-state index in [9.17, 15) is 9.59 Å². The molecular weight excluding hydrogens is 446 g/mol. The molecule has 180 valence electrons. The van der Waals surface area contributed by atoms with Crippen LogP contribution in [-0.2, 0) is 24.0 Å². The maximum absolute atomic E-state index is 13.3. The second kappa shape index (κ2) is 9.55. The molecule has 1 aliphatic heterocycles. The van der Waals surface area contributed by atoms with Gasteiger partial charge in [0, 0.05) is 44.6 Å². The van der Waals surface area contributed by atoms with Crippen LogP contribution in [0.15, 0.2) is 67.0 Å². The normalized spacial score (nSPS) is 19.1. The van der Waals surface area contributed by atoms with Crippen molar-refractivity contribution in [2.45, 2.75) is 25.0 Å². The average Bonchev–Trinajstić information content (AvgIpc) is 3.42. The van der Waals surface area contributed by atoms with Gasteiger partial charge in [0.15, 0.2) is 5.69 Å². The number of hydrogen-bond acceptors (Lipinski definition) is 7. The lowest BCUT2D eigenvalue weighted by Crippen LogP contribution is -2.55. The Labute approximate surface area is 202 Å². The number of imidazole rings is 1. The minimum Gasteiger partial charge on any atom is -0.356 e. The van der Waals surface area contributed by atoms with E-state index in [4.69, 9.17) is 0 Å². The molecule has 11 nitrogen and oxygen atoms in total. The number of nitrogens with zero attached hydrogens (tertiary/aromatic N) is 4. The first-order chi connectivity index (χ1) is 17.0. The van der Waals surface area contributed by atoms with Gasteiger partial charge in [-0.1, -0.05) is 6.08 Å². The van der Waals surface area contributed by atoms with Crippen LogP contribution in [-0.4, -0.2) is 43.1 Å². The molecule has 3 aromatic rings. The molecule has 3 aromatic heterocycles. The molecule has 11 heteroatoms. The highest BCUT2D eigenvalue weighted by atomic mass is 16.2. The summed E-state index contributed by atoms with van der Waals surface area (Å²) in [4.78, 5) is 37.1. The van der Waals surface area contributed by atoms with E-state index in [2.05, 4.69) is 41.3 Å². The predicted octanol–water partition coefficient (Wildman–Crippen LogP) is 1.30. The number of allylic oxidation sites excluding steroid dienone is 2. The topological polar surface area (TPSA) is 142 Å². The van der Waals surface area contributed by atoms with Crippen LogP contribution in [0.3, 0.4) is 0 Å². The zero-order valence-electron chi connectivity index (χ0n) is 19.3. The highest BCUT2D eigenvalue weighted by molar-refractivity contribution is 6.07. The number of H-pyrrole nitrogens is 1. The van der Waals surface area contributed by atoms with Crippen LogP contribution < -0.4 is 21.3 Å². The van der Waals surface area contributed by atoms with Gasteiger partial charge in [-0.05, 0) is 48.6 Å². The van der Waals surface area contributed by atoms with Crippen LogP contribution in [0.5, 0.6) is 0 Å². The third-order valence-corrected chi connectivity index (χ3v) is 5.95. The Morgan fingerprint density at radius 3 is 2.77 bits per heavy atom. The van der Waals surface area contributed by atoms with E-state index < -0.39 is 11.6 Å². The second-order valence-electron chi connectivity index (χ2n) is 8.67. The van der Waals surface area contributed by atoms with Gasteiger partial charge >= 0.3 is 0 Å². The molecule has 0 saturated heterocycles. The number of aromatic nitrogens is 5. The zero-order valence-corrected chi connectivity index (χ0v) is 19.3. The van der Waals surface area contributed by atoms with Crippen molar-refractivity contribution in [2.75, 3.05) is 11.9 Å². The van der Waals surface area contributed by atoms with Gasteiger partial charge in [-0.3, -0.25) is 24.6 Å². The van der Waals surface area contributed by atoms with Gasteiger partial charge < -0.3 is 20.9 Å². The highest BCUT2D eigenvalue weighted by Crippen LogP contribution is 2.31. The maximum atomic E-state index is 13.3. The van der Waals surface area contributed by atoms with Crippen molar-refractivity contribution >= 4 is 17.5 Å². The first-order valence-corrected chi connectivity index (χ1v) is 11.5. The van der Waals surface area contributed by atoms with Crippen LogP contribution in [0, 0.1) is 5.92 Å². The standard InChI is InChI=1S/C24H27N9O2/c1-33-15-19(21(32-33)23(35)28-14-20-26-11-12-27-20)30-22(34)18-3-2-8-24(31-18,29-13-16-4-5-16)17-6-9-25-10-7-17/h2-3,6-12,15-16,29,31H,4-5,13-14H2,1H3,(H,26,27)(H,28,35)(H,30,34). The summed E-state index contributed by atoms with van der Waals surface area (Å²) in [6, 6.07) is 3.83. The molecule has 1 atom stereocenters. The summed E-state index contributed by atoms with van der Waals surface area (Å²) in [5.41, 5.74) is 0.991. The Hall–Kier alpha value is -4.25. The molecule has 4 heterocycles. The molecule has 2 aliphatic rings. The monoisotopic (exact) mass is 473 g/mol. The number of nitrogens with one attached hydrogen (secondary N) is 5. The molecule has 35 heavy (non-hydrogen) atoms. The van der Waals surface area contributed by atoms with Crippen molar-refractivity contribution in [3.63, 3.8) is 0 Å². The van der Waals surface area contributed by atoms with Gasteiger partial charge in [-0.2, -0.15) is 5.10 Å². The molecule has 0 aromatic carbocycles. The van der Waals surface area contributed by atoms with Crippen LogP contribution in [0.25, 0.3) is 0 Å². The molecule has 0 spiro atoms. The van der Waals surface area contributed by atoms with E-state index in [-0.39, 0.29) is 18.1 Å². The molecular formula is C24H27N9O2. The SMILES string of the molecule is Cn1cc(NC(=O)C2=CC=CC(NCC3CC3)(c3ccncc3)N2)c(C(=O)NCc2ncc[nH]2)n1. The van der Waals surface area contributed by atoms with Crippen molar-refractivity contribution in [1.82, 2.24) is 40.7 Å².